The number of pyridine rings is 1. The number of nitrogens with one attached hydrogen (secondary N) is 2. The molecule has 0 saturated carbocycles. The van der Waals surface area contributed by atoms with E-state index in [0.717, 1.165) is 11.3 Å². The summed E-state index contributed by atoms with van der Waals surface area (Å²) in [6, 6.07) is 13.1. The summed E-state index contributed by atoms with van der Waals surface area (Å²) in [5, 5.41) is 0. The molecule has 1 aromatic carbocycles. The number of rotatable bonds is 4. The smallest absolute Gasteiger partial charge is 0.242 e. The molecular weight excluding hydrogens is 214 g/mol. The highest BCUT2D eigenvalue weighted by Gasteiger charge is 2.01. The molecule has 1 amide bonds. The van der Waals surface area contributed by atoms with E-state index in [0.29, 0.717) is 6.42 Å². The zero-order valence-electron chi connectivity index (χ0n) is 9.26. The van der Waals surface area contributed by atoms with Crippen molar-refractivity contribution >= 4 is 11.6 Å². The third-order valence-electron chi connectivity index (χ3n) is 2.23. The predicted octanol–water partition coefficient (Wildman–Crippen LogP) is 1.77. The molecule has 0 aliphatic heterocycles. The molecule has 0 spiro atoms. The Labute approximate surface area is 99.7 Å². The normalized spacial score (nSPS) is 9.65. The second kappa shape index (κ2) is 5.65. The summed E-state index contributed by atoms with van der Waals surface area (Å²) >= 11 is 0. The lowest BCUT2D eigenvalue weighted by Gasteiger charge is -2.07. The molecule has 2 rings (SSSR count). The Morgan fingerprint density at radius 1 is 1.06 bits per heavy atom. The van der Waals surface area contributed by atoms with E-state index < -0.39 is 0 Å². The maximum Gasteiger partial charge on any atom is 0.242 e. The molecule has 0 fully saturated rings. The van der Waals surface area contributed by atoms with Crippen LogP contribution < -0.4 is 10.9 Å². The molecule has 0 aliphatic rings. The molecule has 0 saturated heterocycles. The Bertz CT molecular complexity index is 471. The Morgan fingerprint density at radius 3 is 2.47 bits per heavy atom. The SMILES string of the molecule is O=C(Cc1ccncc1)NNc1ccccc1. The fourth-order valence-corrected chi connectivity index (χ4v) is 1.39. The quantitative estimate of drug-likeness (QED) is 0.783. The fourth-order valence-electron chi connectivity index (χ4n) is 1.39. The summed E-state index contributed by atoms with van der Waals surface area (Å²) in [6.45, 7) is 0. The van der Waals surface area contributed by atoms with Gasteiger partial charge in [-0.1, -0.05) is 18.2 Å². The fraction of sp³-hybridized carbons (Fsp3) is 0.0769. The van der Waals surface area contributed by atoms with Gasteiger partial charge in [0.1, 0.15) is 0 Å². The number of anilines is 1. The molecule has 4 nitrogen and oxygen atoms in total. The van der Waals surface area contributed by atoms with Crippen LogP contribution in [0.1, 0.15) is 5.56 Å². The van der Waals surface area contributed by atoms with E-state index in [9.17, 15) is 4.79 Å². The van der Waals surface area contributed by atoms with Crippen molar-refractivity contribution in [1.82, 2.24) is 10.4 Å². The van der Waals surface area contributed by atoms with Crippen molar-refractivity contribution in [2.75, 3.05) is 5.43 Å². The van der Waals surface area contributed by atoms with Crippen LogP contribution in [0.3, 0.4) is 0 Å². The Morgan fingerprint density at radius 2 is 1.76 bits per heavy atom. The lowest BCUT2D eigenvalue weighted by atomic mass is 10.2. The van der Waals surface area contributed by atoms with Crippen molar-refractivity contribution < 1.29 is 4.79 Å². The van der Waals surface area contributed by atoms with Gasteiger partial charge in [-0.15, -0.1) is 0 Å². The number of hydrogen-bond acceptors (Lipinski definition) is 3. The van der Waals surface area contributed by atoms with Crippen LogP contribution in [0.2, 0.25) is 0 Å². The van der Waals surface area contributed by atoms with Gasteiger partial charge < -0.3 is 0 Å². The molecule has 4 heteroatoms. The van der Waals surface area contributed by atoms with Gasteiger partial charge in [0.2, 0.25) is 5.91 Å². The van der Waals surface area contributed by atoms with Gasteiger partial charge >= 0.3 is 0 Å². The van der Waals surface area contributed by atoms with Crippen molar-refractivity contribution in [2.45, 2.75) is 6.42 Å². The molecule has 0 aliphatic carbocycles. The zero-order valence-corrected chi connectivity index (χ0v) is 9.26. The van der Waals surface area contributed by atoms with E-state index in [1.54, 1.807) is 12.4 Å². The first-order chi connectivity index (χ1) is 8.34. The monoisotopic (exact) mass is 227 g/mol. The van der Waals surface area contributed by atoms with Crippen molar-refractivity contribution in [2.24, 2.45) is 0 Å². The summed E-state index contributed by atoms with van der Waals surface area (Å²) in [4.78, 5) is 15.5. The molecule has 1 aromatic heterocycles. The van der Waals surface area contributed by atoms with Crippen molar-refractivity contribution in [1.29, 1.82) is 0 Å². The van der Waals surface area contributed by atoms with Gasteiger partial charge in [0.15, 0.2) is 0 Å². The van der Waals surface area contributed by atoms with E-state index in [4.69, 9.17) is 0 Å². The van der Waals surface area contributed by atoms with Gasteiger partial charge in [0.05, 0.1) is 12.1 Å². The topological polar surface area (TPSA) is 54.0 Å². The summed E-state index contributed by atoms with van der Waals surface area (Å²) in [6.07, 6.45) is 3.68. The van der Waals surface area contributed by atoms with Crippen LogP contribution in [0.4, 0.5) is 5.69 Å². The van der Waals surface area contributed by atoms with E-state index in [1.165, 1.54) is 0 Å². The van der Waals surface area contributed by atoms with Crippen LogP contribution in [-0.4, -0.2) is 10.9 Å². The number of nitrogens with zero attached hydrogens (tertiary/aromatic N) is 1. The van der Waals surface area contributed by atoms with Crippen LogP contribution >= 0.6 is 0 Å². The Kier molecular flexibility index (Phi) is 3.70. The molecule has 0 atom stereocenters. The van der Waals surface area contributed by atoms with Crippen LogP contribution in [-0.2, 0) is 11.2 Å². The highest BCUT2D eigenvalue weighted by Crippen LogP contribution is 2.03. The maximum absolute atomic E-state index is 11.6. The third-order valence-corrected chi connectivity index (χ3v) is 2.23. The lowest BCUT2D eigenvalue weighted by molar-refractivity contribution is -0.119. The average Bonchev–Trinajstić information content (AvgIpc) is 2.39. The van der Waals surface area contributed by atoms with Crippen molar-refractivity contribution in [3.05, 3.63) is 60.4 Å². The van der Waals surface area contributed by atoms with Gasteiger partial charge in [-0.3, -0.25) is 20.6 Å². The van der Waals surface area contributed by atoms with E-state index in [-0.39, 0.29) is 5.91 Å². The Hall–Kier alpha value is -2.36. The van der Waals surface area contributed by atoms with E-state index in [1.807, 2.05) is 42.5 Å². The number of para-hydroxylation sites is 1. The number of carbonyl (C=O) groups excluding carboxylic acids is 1. The van der Waals surface area contributed by atoms with Gasteiger partial charge in [-0.25, -0.2) is 0 Å². The molecule has 0 bridgehead atoms. The highest BCUT2D eigenvalue weighted by molar-refractivity contribution is 5.79. The van der Waals surface area contributed by atoms with Crippen LogP contribution in [0.5, 0.6) is 0 Å². The minimum atomic E-state index is -0.0833. The number of carbonyl (C=O) groups is 1. The van der Waals surface area contributed by atoms with Gasteiger partial charge in [-0.05, 0) is 29.8 Å². The number of hydrogen-bond donors (Lipinski definition) is 2. The van der Waals surface area contributed by atoms with Gasteiger partial charge in [-0.2, -0.15) is 0 Å². The average molecular weight is 227 g/mol. The predicted molar refractivity (Wildman–Crippen MR) is 66.1 cm³/mol. The molecule has 2 N–H and O–H groups in total. The van der Waals surface area contributed by atoms with Gasteiger partial charge in [0, 0.05) is 12.4 Å². The standard InChI is InChI=1S/C13H13N3O/c17-13(10-11-6-8-14-9-7-11)16-15-12-4-2-1-3-5-12/h1-9,15H,10H2,(H,16,17). The maximum atomic E-state index is 11.6. The minimum Gasteiger partial charge on any atom is -0.299 e. The first-order valence-electron chi connectivity index (χ1n) is 5.33. The number of aromatic nitrogens is 1. The molecule has 17 heavy (non-hydrogen) atoms. The summed E-state index contributed by atoms with van der Waals surface area (Å²) in [5.74, 6) is -0.0833. The van der Waals surface area contributed by atoms with E-state index in [2.05, 4.69) is 15.8 Å². The zero-order chi connectivity index (χ0) is 11.9. The summed E-state index contributed by atoms with van der Waals surface area (Å²) < 4.78 is 0. The van der Waals surface area contributed by atoms with Crippen molar-refractivity contribution in [3.63, 3.8) is 0 Å². The summed E-state index contributed by atoms with van der Waals surface area (Å²) in [7, 11) is 0. The molecule has 2 aromatic rings. The molecule has 0 radical (unpaired) electrons. The highest BCUT2D eigenvalue weighted by atomic mass is 16.2. The summed E-state index contributed by atoms with van der Waals surface area (Å²) in [5.41, 5.74) is 7.28. The first-order valence-corrected chi connectivity index (χ1v) is 5.33. The number of hydrazine groups is 1. The van der Waals surface area contributed by atoms with Crippen LogP contribution in [0, 0.1) is 0 Å². The number of amides is 1. The van der Waals surface area contributed by atoms with E-state index >= 15 is 0 Å². The lowest BCUT2D eigenvalue weighted by Crippen LogP contribution is -2.30. The van der Waals surface area contributed by atoms with Crippen molar-refractivity contribution in [3.8, 4) is 0 Å². The second-order valence-corrected chi connectivity index (χ2v) is 3.57. The van der Waals surface area contributed by atoms with Gasteiger partial charge in [0.25, 0.3) is 0 Å². The second-order valence-electron chi connectivity index (χ2n) is 3.57. The molecule has 86 valence electrons. The molecule has 0 unspecified atom stereocenters. The largest absolute Gasteiger partial charge is 0.299 e. The van der Waals surface area contributed by atoms with Crippen LogP contribution in [0.25, 0.3) is 0 Å². The third kappa shape index (κ3) is 3.61. The van der Waals surface area contributed by atoms with Crippen LogP contribution in [0.15, 0.2) is 54.9 Å². The minimum absolute atomic E-state index is 0.0833. The molecule has 1 heterocycles. The first kappa shape index (κ1) is 11.1. The molecular formula is C13H13N3O. The Balaban J connectivity index is 1.83. The number of benzene rings is 1.